The Labute approximate surface area is 278 Å². The highest BCUT2D eigenvalue weighted by Crippen LogP contribution is 2.08. The van der Waals surface area contributed by atoms with E-state index in [4.69, 9.17) is 42.6 Å². The van der Waals surface area contributed by atoms with Crippen molar-refractivity contribution in [2.24, 2.45) is 0 Å². The highest BCUT2D eigenvalue weighted by molar-refractivity contribution is 5.81. The van der Waals surface area contributed by atoms with Crippen LogP contribution in [0.2, 0.25) is 0 Å². The zero-order chi connectivity index (χ0) is 34.6. The average Bonchev–Trinajstić information content (AvgIpc) is 3.03. The molecule has 1 unspecified atom stereocenters. The van der Waals surface area contributed by atoms with Crippen LogP contribution in [-0.4, -0.2) is 115 Å². The van der Waals surface area contributed by atoms with Crippen molar-refractivity contribution in [3.05, 3.63) is 35.9 Å². The Balaban J connectivity index is 1.85. The van der Waals surface area contributed by atoms with E-state index in [1.807, 2.05) is 37.3 Å². The van der Waals surface area contributed by atoms with Crippen LogP contribution in [0.1, 0.15) is 58.9 Å². The molecule has 0 fully saturated rings. The third-order valence-corrected chi connectivity index (χ3v) is 5.78. The maximum atomic E-state index is 12.3. The fraction of sp³-hybridized carbons (Fsp3) is 0.697. The van der Waals surface area contributed by atoms with Crippen LogP contribution in [0.4, 0.5) is 4.79 Å². The van der Waals surface area contributed by atoms with E-state index < -0.39 is 35.6 Å². The zero-order valence-electron chi connectivity index (χ0n) is 28.3. The molecule has 1 amide bonds. The molecule has 1 aromatic carbocycles. The molecule has 0 heterocycles. The molecule has 1 atom stereocenters. The average molecular weight is 672 g/mol. The van der Waals surface area contributed by atoms with Gasteiger partial charge in [-0.3, -0.25) is 9.59 Å². The molecule has 0 aromatic heterocycles. The van der Waals surface area contributed by atoms with Crippen LogP contribution < -0.4 is 5.32 Å². The van der Waals surface area contributed by atoms with Crippen molar-refractivity contribution in [2.75, 3.05) is 79.3 Å². The van der Waals surface area contributed by atoms with Crippen molar-refractivity contribution in [2.45, 2.75) is 71.6 Å². The van der Waals surface area contributed by atoms with E-state index in [1.165, 1.54) is 0 Å². The molecule has 14 nitrogen and oxygen atoms in total. The predicted molar refractivity (Wildman–Crippen MR) is 170 cm³/mol. The smallest absolute Gasteiger partial charge is 0.408 e. The summed E-state index contributed by atoms with van der Waals surface area (Å²) in [6.07, 6.45) is 0.384. The lowest BCUT2D eigenvalue weighted by Gasteiger charge is -2.22. The molecule has 0 aliphatic heterocycles. The van der Waals surface area contributed by atoms with Crippen LogP contribution in [0, 0.1) is 0 Å². The molecule has 14 heteroatoms. The van der Waals surface area contributed by atoms with E-state index >= 15 is 0 Å². The molecule has 0 spiro atoms. The van der Waals surface area contributed by atoms with Gasteiger partial charge >= 0.3 is 24.0 Å². The van der Waals surface area contributed by atoms with Gasteiger partial charge in [0.05, 0.1) is 78.9 Å². The first-order valence-corrected chi connectivity index (χ1v) is 16.0. The second-order valence-electron chi connectivity index (χ2n) is 11.1. The van der Waals surface area contributed by atoms with E-state index in [9.17, 15) is 19.2 Å². The van der Waals surface area contributed by atoms with Gasteiger partial charge < -0.3 is 47.9 Å². The molecular weight excluding hydrogens is 618 g/mol. The molecule has 0 aliphatic rings. The van der Waals surface area contributed by atoms with Gasteiger partial charge in [-0.25, -0.2) is 9.59 Å². The van der Waals surface area contributed by atoms with E-state index in [1.54, 1.807) is 20.8 Å². The van der Waals surface area contributed by atoms with Gasteiger partial charge in [-0.05, 0) is 32.8 Å². The summed E-state index contributed by atoms with van der Waals surface area (Å²) in [6, 6.07) is 8.53. The molecule has 268 valence electrons. The zero-order valence-corrected chi connectivity index (χ0v) is 28.3. The Morgan fingerprint density at radius 1 is 0.638 bits per heavy atom. The Hall–Kier alpha value is -3.30. The Bertz CT molecular complexity index is 984. The number of nitrogens with one attached hydrogen (secondary N) is 1. The van der Waals surface area contributed by atoms with Gasteiger partial charge in [0, 0.05) is 0 Å². The number of alkyl carbamates (subject to hydrolysis) is 1. The SMILES string of the molecule is CCCC(NC(=O)OC(C)(C)C)C(=O)OCCOCCOCCOCCOCCOCCOC(=O)CCC(=O)OCc1ccccc1. The molecular formula is C33H53NO13. The van der Waals surface area contributed by atoms with Gasteiger partial charge in [0.1, 0.15) is 31.5 Å². The van der Waals surface area contributed by atoms with Crippen molar-refractivity contribution in [3.8, 4) is 0 Å². The number of esters is 3. The van der Waals surface area contributed by atoms with Crippen LogP contribution in [0.3, 0.4) is 0 Å². The van der Waals surface area contributed by atoms with Crippen LogP contribution >= 0.6 is 0 Å². The summed E-state index contributed by atoms with van der Waals surface area (Å²) in [5.41, 5.74) is 0.222. The second kappa shape index (κ2) is 26.7. The maximum absolute atomic E-state index is 12.3. The van der Waals surface area contributed by atoms with Crippen molar-refractivity contribution in [3.63, 3.8) is 0 Å². The molecule has 0 saturated heterocycles. The number of carbonyl (C=O) groups is 4. The predicted octanol–water partition coefficient (Wildman–Crippen LogP) is 3.37. The van der Waals surface area contributed by atoms with Crippen LogP contribution in [0.15, 0.2) is 30.3 Å². The van der Waals surface area contributed by atoms with Crippen LogP contribution in [-0.2, 0) is 63.6 Å². The molecule has 47 heavy (non-hydrogen) atoms. The van der Waals surface area contributed by atoms with E-state index in [0.717, 1.165) is 5.56 Å². The van der Waals surface area contributed by atoms with Crippen molar-refractivity contribution < 1.29 is 61.8 Å². The van der Waals surface area contributed by atoms with Crippen molar-refractivity contribution in [1.29, 1.82) is 0 Å². The third kappa shape index (κ3) is 25.5. The molecule has 0 saturated carbocycles. The molecule has 0 aliphatic carbocycles. The van der Waals surface area contributed by atoms with Crippen LogP contribution in [0.5, 0.6) is 0 Å². The lowest BCUT2D eigenvalue weighted by atomic mass is 10.1. The third-order valence-electron chi connectivity index (χ3n) is 5.78. The molecule has 1 N–H and O–H groups in total. The highest BCUT2D eigenvalue weighted by Gasteiger charge is 2.24. The van der Waals surface area contributed by atoms with Gasteiger partial charge in [0.2, 0.25) is 0 Å². The number of rotatable bonds is 27. The lowest BCUT2D eigenvalue weighted by Crippen LogP contribution is -2.44. The van der Waals surface area contributed by atoms with E-state index in [-0.39, 0.29) is 45.9 Å². The summed E-state index contributed by atoms with van der Waals surface area (Å²) in [5, 5.41) is 2.55. The number of benzene rings is 1. The van der Waals surface area contributed by atoms with Gasteiger partial charge in [-0.2, -0.15) is 0 Å². The van der Waals surface area contributed by atoms with Gasteiger partial charge in [-0.15, -0.1) is 0 Å². The number of hydrogen-bond acceptors (Lipinski definition) is 13. The van der Waals surface area contributed by atoms with Crippen LogP contribution in [0.25, 0.3) is 0 Å². The van der Waals surface area contributed by atoms with Gasteiger partial charge in [0.15, 0.2) is 0 Å². The largest absolute Gasteiger partial charge is 0.463 e. The summed E-state index contributed by atoms with van der Waals surface area (Å²) in [6.45, 7) is 10.9. The molecule has 1 aromatic rings. The second-order valence-corrected chi connectivity index (χ2v) is 11.1. The quantitative estimate of drug-likeness (QED) is 0.0824. The first-order valence-electron chi connectivity index (χ1n) is 16.0. The topological polar surface area (TPSA) is 163 Å². The fourth-order valence-electron chi connectivity index (χ4n) is 3.57. The standard InChI is InChI=1S/C33H53NO13/c1-5-9-28(34-32(38)47-33(2,3)4)31(37)45-25-23-43-21-19-41-17-15-39-14-16-40-18-20-42-22-24-44-29(35)12-13-30(36)46-26-27-10-7-6-8-11-27/h6-8,10-11,28H,5,9,12-26H2,1-4H3,(H,34,38). The van der Waals surface area contributed by atoms with Gasteiger partial charge in [-0.1, -0.05) is 43.7 Å². The van der Waals surface area contributed by atoms with E-state index in [0.29, 0.717) is 65.7 Å². The molecule has 1 rings (SSSR count). The monoisotopic (exact) mass is 671 g/mol. The summed E-state index contributed by atoms with van der Waals surface area (Å²) < 4.78 is 47.6. The summed E-state index contributed by atoms with van der Waals surface area (Å²) in [7, 11) is 0. The van der Waals surface area contributed by atoms with Crippen molar-refractivity contribution >= 4 is 24.0 Å². The van der Waals surface area contributed by atoms with Gasteiger partial charge in [0.25, 0.3) is 0 Å². The summed E-state index contributed by atoms with van der Waals surface area (Å²) in [4.78, 5) is 47.7. The summed E-state index contributed by atoms with van der Waals surface area (Å²) in [5.74, 6) is -1.47. The maximum Gasteiger partial charge on any atom is 0.408 e. The fourth-order valence-corrected chi connectivity index (χ4v) is 3.57. The minimum absolute atomic E-state index is 0.0389. The minimum atomic E-state index is -0.775. The highest BCUT2D eigenvalue weighted by atomic mass is 16.6. The van der Waals surface area contributed by atoms with Crippen molar-refractivity contribution in [1.82, 2.24) is 5.32 Å². The number of carbonyl (C=O) groups excluding carboxylic acids is 4. The molecule has 0 radical (unpaired) electrons. The Morgan fingerprint density at radius 2 is 1.09 bits per heavy atom. The van der Waals surface area contributed by atoms with E-state index in [2.05, 4.69) is 5.32 Å². The number of amides is 1. The minimum Gasteiger partial charge on any atom is -0.463 e. The first-order chi connectivity index (χ1) is 22.6. The Morgan fingerprint density at radius 3 is 1.55 bits per heavy atom. The molecule has 0 bridgehead atoms. The summed E-state index contributed by atoms with van der Waals surface area (Å²) >= 11 is 0. The number of ether oxygens (including phenoxy) is 9. The lowest BCUT2D eigenvalue weighted by molar-refractivity contribution is -0.151. The first kappa shape index (κ1) is 41.7. The number of hydrogen-bond donors (Lipinski definition) is 1. The Kier molecular flexibility index (Phi) is 23.7. The normalized spacial score (nSPS) is 11.8.